The third-order valence-electron chi connectivity index (χ3n) is 2.76. The van der Waals surface area contributed by atoms with Crippen LogP contribution in [-0.2, 0) is 6.54 Å². The average molecular weight is 237 g/mol. The van der Waals surface area contributed by atoms with Crippen molar-refractivity contribution in [1.29, 1.82) is 0 Å². The van der Waals surface area contributed by atoms with E-state index in [-0.39, 0.29) is 6.61 Å². The fraction of sp³-hybridized carbons (Fsp3) is 0.571. The van der Waals surface area contributed by atoms with Crippen molar-refractivity contribution in [1.82, 2.24) is 5.32 Å². The summed E-state index contributed by atoms with van der Waals surface area (Å²) < 4.78 is 5.35. The number of hydrogen-bond acceptors (Lipinski definition) is 3. The van der Waals surface area contributed by atoms with Gasteiger partial charge in [-0.05, 0) is 36.1 Å². The first-order valence-electron chi connectivity index (χ1n) is 6.17. The minimum absolute atomic E-state index is 0.243. The minimum atomic E-state index is 0.243. The van der Waals surface area contributed by atoms with Crippen LogP contribution in [0.4, 0.5) is 0 Å². The number of ether oxygens (including phenoxy) is 1. The van der Waals surface area contributed by atoms with Gasteiger partial charge in [0.1, 0.15) is 5.75 Å². The standard InChI is InChI=1S/C14H23NO2/c1-11(2)13-9-12(5-6-14(13)17-3)10-15-7-4-8-16/h5-6,9,11,15-16H,4,7-8,10H2,1-3H3. The Morgan fingerprint density at radius 3 is 2.71 bits per heavy atom. The molecule has 0 aromatic heterocycles. The highest BCUT2D eigenvalue weighted by molar-refractivity contribution is 5.39. The second-order valence-electron chi connectivity index (χ2n) is 4.48. The van der Waals surface area contributed by atoms with Gasteiger partial charge in [-0.1, -0.05) is 26.0 Å². The maximum Gasteiger partial charge on any atom is 0.122 e. The van der Waals surface area contributed by atoms with Crippen molar-refractivity contribution in [3.63, 3.8) is 0 Å². The maximum atomic E-state index is 8.69. The molecule has 17 heavy (non-hydrogen) atoms. The molecule has 0 aliphatic heterocycles. The van der Waals surface area contributed by atoms with Crippen LogP contribution in [0.3, 0.4) is 0 Å². The molecule has 0 unspecified atom stereocenters. The third-order valence-corrected chi connectivity index (χ3v) is 2.76. The van der Waals surface area contributed by atoms with E-state index < -0.39 is 0 Å². The van der Waals surface area contributed by atoms with Gasteiger partial charge in [0, 0.05) is 13.2 Å². The minimum Gasteiger partial charge on any atom is -0.496 e. The summed E-state index contributed by atoms with van der Waals surface area (Å²) in [4.78, 5) is 0. The Balaban J connectivity index is 2.64. The molecule has 0 heterocycles. The highest BCUT2D eigenvalue weighted by Gasteiger charge is 2.07. The first-order valence-corrected chi connectivity index (χ1v) is 6.17. The fourth-order valence-electron chi connectivity index (χ4n) is 1.78. The smallest absolute Gasteiger partial charge is 0.122 e. The zero-order valence-electron chi connectivity index (χ0n) is 11.0. The molecule has 0 fully saturated rings. The number of aliphatic hydroxyl groups is 1. The van der Waals surface area contributed by atoms with Crippen LogP contribution in [0.15, 0.2) is 18.2 Å². The zero-order chi connectivity index (χ0) is 12.7. The van der Waals surface area contributed by atoms with Gasteiger partial charge in [-0.15, -0.1) is 0 Å². The van der Waals surface area contributed by atoms with E-state index in [9.17, 15) is 0 Å². The Morgan fingerprint density at radius 2 is 2.12 bits per heavy atom. The van der Waals surface area contributed by atoms with Gasteiger partial charge in [0.15, 0.2) is 0 Å². The van der Waals surface area contributed by atoms with Crippen LogP contribution >= 0.6 is 0 Å². The van der Waals surface area contributed by atoms with Crippen LogP contribution in [0.5, 0.6) is 5.75 Å². The van der Waals surface area contributed by atoms with E-state index in [2.05, 4.69) is 31.3 Å². The van der Waals surface area contributed by atoms with Gasteiger partial charge >= 0.3 is 0 Å². The van der Waals surface area contributed by atoms with E-state index in [0.29, 0.717) is 5.92 Å². The van der Waals surface area contributed by atoms with Crippen molar-refractivity contribution >= 4 is 0 Å². The lowest BCUT2D eigenvalue weighted by molar-refractivity contribution is 0.286. The second-order valence-corrected chi connectivity index (χ2v) is 4.48. The first-order chi connectivity index (χ1) is 8.19. The lowest BCUT2D eigenvalue weighted by Crippen LogP contribution is -2.15. The molecule has 0 amide bonds. The normalized spacial score (nSPS) is 10.9. The van der Waals surface area contributed by atoms with Crippen molar-refractivity contribution in [3.05, 3.63) is 29.3 Å². The van der Waals surface area contributed by atoms with Crippen LogP contribution in [-0.4, -0.2) is 25.4 Å². The van der Waals surface area contributed by atoms with Gasteiger partial charge in [-0.3, -0.25) is 0 Å². The maximum absolute atomic E-state index is 8.69. The van der Waals surface area contributed by atoms with E-state index in [1.54, 1.807) is 7.11 Å². The lowest BCUT2D eigenvalue weighted by Gasteiger charge is -2.13. The number of methoxy groups -OCH3 is 1. The van der Waals surface area contributed by atoms with Crippen molar-refractivity contribution in [3.8, 4) is 5.75 Å². The second kappa shape index (κ2) is 7.30. The SMILES string of the molecule is COc1ccc(CNCCCO)cc1C(C)C. The van der Waals surface area contributed by atoms with E-state index in [4.69, 9.17) is 9.84 Å². The predicted molar refractivity (Wildman–Crippen MR) is 70.5 cm³/mol. The van der Waals surface area contributed by atoms with E-state index >= 15 is 0 Å². The van der Waals surface area contributed by atoms with Gasteiger partial charge in [-0.2, -0.15) is 0 Å². The molecule has 1 rings (SSSR count). The molecule has 0 aliphatic carbocycles. The van der Waals surface area contributed by atoms with E-state index in [1.165, 1.54) is 11.1 Å². The summed E-state index contributed by atoms with van der Waals surface area (Å²) in [5, 5.41) is 12.0. The quantitative estimate of drug-likeness (QED) is 0.715. The highest BCUT2D eigenvalue weighted by atomic mass is 16.5. The fourth-order valence-corrected chi connectivity index (χ4v) is 1.78. The van der Waals surface area contributed by atoms with Gasteiger partial charge in [0.2, 0.25) is 0 Å². The molecule has 96 valence electrons. The summed E-state index contributed by atoms with van der Waals surface area (Å²) >= 11 is 0. The van der Waals surface area contributed by atoms with Gasteiger partial charge in [0.25, 0.3) is 0 Å². The van der Waals surface area contributed by atoms with Crippen LogP contribution in [0, 0.1) is 0 Å². The third kappa shape index (κ3) is 4.36. The molecular formula is C14H23NO2. The lowest BCUT2D eigenvalue weighted by atomic mass is 9.99. The van der Waals surface area contributed by atoms with Crippen molar-refractivity contribution in [2.75, 3.05) is 20.3 Å². The van der Waals surface area contributed by atoms with Crippen molar-refractivity contribution in [2.24, 2.45) is 0 Å². The summed E-state index contributed by atoms with van der Waals surface area (Å²) in [6, 6.07) is 6.30. The molecular weight excluding hydrogens is 214 g/mol. The number of hydrogen-bond donors (Lipinski definition) is 2. The first kappa shape index (κ1) is 14.0. The molecule has 0 saturated carbocycles. The largest absolute Gasteiger partial charge is 0.496 e. The topological polar surface area (TPSA) is 41.5 Å². The van der Waals surface area contributed by atoms with Gasteiger partial charge in [0.05, 0.1) is 7.11 Å². The van der Waals surface area contributed by atoms with E-state index in [1.807, 2.05) is 6.07 Å². The summed E-state index contributed by atoms with van der Waals surface area (Å²) in [5.41, 5.74) is 2.50. The number of rotatable bonds is 7. The van der Waals surface area contributed by atoms with Gasteiger partial charge < -0.3 is 15.2 Å². The van der Waals surface area contributed by atoms with Crippen LogP contribution < -0.4 is 10.1 Å². The van der Waals surface area contributed by atoms with Gasteiger partial charge in [-0.25, -0.2) is 0 Å². The molecule has 2 N–H and O–H groups in total. The van der Waals surface area contributed by atoms with Crippen LogP contribution in [0.25, 0.3) is 0 Å². The number of nitrogens with one attached hydrogen (secondary N) is 1. The molecule has 0 saturated heterocycles. The van der Waals surface area contributed by atoms with Crippen LogP contribution in [0.2, 0.25) is 0 Å². The Morgan fingerprint density at radius 1 is 1.35 bits per heavy atom. The highest BCUT2D eigenvalue weighted by Crippen LogP contribution is 2.27. The molecule has 1 aromatic carbocycles. The molecule has 1 aromatic rings. The Labute approximate surface area is 104 Å². The number of benzene rings is 1. The molecule has 0 radical (unpaired) electrons. The van der Waals surface area contributed by atoms with Crippen molar-refractivity contribution in [2.45, 2.75) is 32.7 Å². The summed E-state index contributed by atoms with van der Waals surface area (Å²) in [6.45, 7) is 6.26. The molecule has 0 spiro atoms. The monoisotopic (exact) mass is 237 g/mol. The average Bonchev–Trinajstić information content (AvgIpc) is 2.34. The predicted octanol–water partition coefficient (Wildman–Crippen LogP) is 2.29. The summed E-state index contributed by atoms with van der Waals surface area (Å²) in [7, 11) is 1.71. The molecule has 0 bridgehead atoms. The summed E-state index contributed by atoms with van der Waals surface area (Å²) in [6.07, 6.45) is 0.799. The van der Waals surface area contributed by atoms with E-state index in [0.717, 1.165) is 25.3 Å². The Bertz CT molecular complexity index is 337. The Kier molecular flexibility index (Phi) is 6.01. The van der Waals surface area contributed by atoms with Crippen LogP contribution in [0.1, 0.15) is 37.3 Å². The molecule has 3 nitrogen and oxygen atoms in total. The summed E-state index contributed by atoms with van der Waals surface area (Å²) in [5.74, 6) is 1.42. The molecule has 0 aliphatic rings. The van der Waals surface area contributed by atoms with Crippen molar-refractivity contribution < 1.29 is 9.84 Å². The molecule has 3 heteroatoms. The molecule has 0 atom stereocenters. The number of aliphatic hydroxyl groups excluding tert-OH is 1. The zero-order valence-corrected chi connectivity index (χ0v) is 11.0. The Hall–Kier alpha value is -1.06.